The van der Waals surface area contributed by atoms with Crippen LogP contribution in [0, 0.1) is 0 Å². The average Bonchev–Trinajstić information content (AvgIpc) is 2.28. The fourth-order valence-electron chi connectivity index (χ4n) is 1.19. The number of hydrogen-bond donors (Lipinski definition) is 0. The molecule has 0 saturated heterocycles. The van der Waals surface area contributed by atoms with Crippen molar-refractivity contribution in [1.82, 2.24) is 0 Å². The molecule has 1 aliphatic rings. The lowest BCUT2D eigenvalue weighted by Gasteiger charge is -1.98. The van der Waals surface area contributed by atoms with Gasteiger partial charge in [0.2, 0.25) is 0 Å². The normalized spacial score (nSPS) is 14.2. The number of allylic oxidation sites excluding steroid dienone is 2. The second-order valence-electron chi connectivity index (χ2n) is 2.54. The van der Waals surface area contributed by atoms with E-state index in [0.717, 1.165) is 12.1 Å². The maximum absolute atomic E-state index is 4.27. The summed E-state index contributed by atoms with van der Waals surface area (Å²) in [6.45, 7) is 0. The van der Waals surface area contributed by atoms with Gasteiger partial charge in [-0.25, -0.2) is 0 Å². The van der Waals surface area contributed by atoms with Crippen molar-refractivity contribution in [1.29, 1.82) is 0 Å². The fourth-order valence-corrected chi connectivity index (χ4v) is 1.19. The Morgan fingerprint density at radius 1 is 1.18 bits per heavy atom. The largest absolute Gasteiger partial charge is 0.257 e. The summed E-state index contributed by atoms with van der Waals surface area (Å²) >= 11 is 0. The van der Waals surface area contributed by atoms with Gasteiger partial charge in [0.15, 0.2) is 0 Å². The molecule has 0 fully saturated rings. The lowest BCUT2D eigenvalue weighted by Crippen LogP contribution is -1.78. The van der Waals surface area contributed by atoms with Crippen LogP contribution >= 0.6 is 0 Å². The number of benzene rings is 1. The lowest BCUT2D eigenvalue weighted by molar-refractivity contribution is 1.27. The second kappa shape index (κ2) is 2.70. The Hall–Kier alpha value is -1.37. The third-order valence-electron chi connectivity index (χ3n) is 1.77. The fraction of sp³-hybridized carbons (Fsp3) is 0.100. The van der Waals surface area contributed by atoms with Crippen LogP contribution in [0.2, 0.25) is 0 Å². The third-order valence-corrected chi connectivity index (χ3v) is 1.77. The highest BCUT2D eigenvalue weighted by molar-refractivity contribution is 5.76. The highest BCUT2D eigenvalue weighted by Crippen LogP contribution is 2.20. The van der Waals surface area contributed by atoms with Crippen LogP contribution in [0.25, 0.3) is 0 Å². The molecule has 0 spiro atoms. The van der Waals surface area contributed by atoms with Gasteiger partial charge in [-0.1, -0.05) is 24.3 Å². The van der Waals surface area contributed by atoms with Crippen molar-refractivity contribution in [2.24, 2.45) is 4.99 Å². The predicted octanol–water partition coefficient (Wildman–Crippen LogP) is 2.50. The summed E-state index contributed by atoms with van der Waals surface area (Å²) in [5, 5.41) is 0. The Bertz CT molecular complexity index is 310. The number of nitrogens with zero attached hydrogens (tertiary/aromatic N) is 1. The summed E-state index contributed by atoms with van der Waals surface area (Å²) in [7, 11) is 0. The van der Waals surface area contributed by atoms with E-state index < -0.39 is 0 Å². The van der Waals surface area contributed by atoms with Crippen molar-refractivity contribution in [3.05, 3.63) is 42.0 Å². The van der Waals surface area contributed by atoms with Crippen LogP contribution in [0.5, 0.6) is 0 Å². The van der Waals surface area contributed by atoms with Gasteiger partial charge in [0.05, 0.1) is 5.69 Å². The average molecular weight is 143 g/mol. The molecule has 54 valence electrons. The first-order chi connectivity index (χ1) is 5.47. The van der Waals surface area contributed by atoms with E-state index in [4.69, 9.17) is 0 Å². The molecule has 1 nitrogen and oxygen atoms in total. The number of aliphatic imine (C=N–C) groups is 1. The Kier molecular flexibility index (Phi) is 1.56. The number of rotatable bonds is 0. The predicted molar refractivity (Wildman–Crippen MR) is 47.4 cm³/mol. The van der Waals surface area contributed by atoms with Gasteiger partial charge in [-0.15, -0.1) is 0 Å². The van der Waals surface area contributed by atoms with Crippen molar-refractivity contribution in [3.8, 4) is 0 Å². The Morgan fingerprint density at radius 3 is 3.09 bits per heavy atom. The molecule has 1 heteroatoms. The summed E-state index contributed by atoms with van der Waals surface area (Å²) in [4.78, 5) is 4.27. The van der Waals surface area contributed by atoms with Crippen LogP contribution < -0.4 is 0 Å². The van der Waals surface area contributed by atoms with Crippen molar-refractivity contribution < 1.29 is 0 Å². The molecular weight excluding hydrogens is 134 g/mol. The SMILES string of the molecule is C1=CCc2ccccc2N=C1. The van der Waals surface area contributed by atoms with Crippen LogP contribution in [0.1, 0.15) is 5.56 Å². The molecule has 1 aliphatic heterocycles. The third kappa shape index (κ3) is 1.22. The topological polar surface area (TPSA) is 12.4 Å². The minimum absolute atomic E-state index is 0.996. The van der Waals surface area contributed by atoms with Gasteiger partial charge < -0.3 is 0 Å². The van der Waals surface area contributed by atoms with Crippen molar-refractivity contribution in [2.45, 2.75) is 6.42 Å². The van der Waals surface area contributed by atoms with E-state index in [9.17, 15) is 0 Å². The maximum atomic E-state index is 4.27. The molecule has 1 aromatic carbocycles. The van der Waals surface area contributed by atoms with Crippen LogP contribution in [-0.2, 0) is 6.42 Å². The molecule has 0 N–H and O–H groups in total. The molecule has 0 unspecified atom stereocenters. The van der Waals surface area contributed by atoms with E-state index in [1.807, 2.05) is 30.5 Å². The molecule has 0 bridgehead atoms. The van der Waals surface area contributed by atoms with E-state index in [2.05, 4.69) is 17.1 Å². The van der Waals surface area contributed by atoms with Crippen LogP contribution in [0.15, 0.2) is 41.4 Å². The van der Waals surface area contributed by atoms with Gasteiger partial charge in [0.1, 0.15) is 0 Å². The molecule has 0 amide bonds. The van der Waals surface area contributed by atoms with Crippen molar-refractivity contribution in [3.63, 3.8) is 0 Å². The zero-order valence-electron chi connectivity index (χ0n) is 6.20. The standard InChI is InChI=1S/C10H9N/c1-2-7-10-9(5-1)6-3-4-8-11-10/h1-5,7-8H,6H2. The Morgan fingerprint density at radius 2 is 2.09 bits per heavy atom. The minimum atomic E-state index is 0.996. The van der Waals surface area contributed by atoms with E-state index in [1.54, 1.807) is 0 Å². The molecule has 0 aliphatic carbocycles. The molecule has 0 radical (unpaired) electrons. The van der Waals surface area contributed by atoms with E-state index in [0.29, 0.717) is 0 Å². The van der Waals surface area contributed by atoms with Gasteiger partial charge in [0, 0.05) is 6.21 Å². The van der Waals surface area contributed by atoms with Crippen molar-refractivity contribution in [2.75, 3.05) is 0 Å². The first-order valence-corrected chi connectivity index (χ1v) is 3.74. The molecule has 0 saturated carbocycles. The summed E-state index contributed by atoms with van der Waals surface area (Å²) in [5.41, 5.74) is 2.40. The first-order valence-electron chi connectivity index (χ1n) is 3.74. The summed E-state index contributed by atoms with van der Waals surface area (Å²) < 4.78 is 0. The molecule has 0 atom stereocenters. The molecular formula is C10H9N. The molecule has 2 rings (SSSR count). The Labute approximate surface area is 66.1 Å². The van der Waals surface area contributed by atoms with E-state index in [-0.39, 0.29) is 0 Å². The molecule has 11 heavy (non-hydrogen) atoms. The highest BCUT2D eigenvalue weighted by atomic mass is 14.7. The monoisotopic (exact) mass is 143 g/mol. The summed E-state index contributed by atoms with van der Waals surface area (Å²) in [6.07, 6.45) is 6.94. The van der Waals surface area contributed by atoms with E-state index in [1.165, 1.54) is 5.56 Å². The molecule has 1 aromatic rings. The molecule has 1 heterocycles. The van der Waals surface area contributed by atoms with Gasteiger partial charge in [-0.3, -0.25) is 4.99 Å². The quantitative estimate of drug-likeness (QED) is 0.529. The minimum Gasteiger partial charge on any atom is -0.257 e. The van der Waals surface area contributed by atoms with Crippen LogP contribution in [-0.4, -0.2) is 6.21 Å². The van der Waals surface area contributed by atoms with Gasteiger partial charge >= 0.3 is 0 Å². The summed E-state index contributed by atoms with van der Waals surface area (Å²) in [6, 6.07) is 8.22. The first kappa shape index (κ1) is 6.35. The Balaban J connectivity index is 2.52. The smallest absolute Gasteiger partial charge is 0.0664 e. The summed E-state index contributed by atoms with van der Waals surface area (Å²) in [5.74, 6) is 0. The number of hydrogen-bond acceptors (Lipinski definition) is 1. The van der Waals surface area contributed by atoms with Gasteiger partial charge in [-0.05, 0) is 24.1 Å². The number of fused-ring (bicyclic) bond motifs is 1. The second-order valence-corrected chi connectivity index (χ2v) is 2.54. The highest BCUT2D eigenvalue weighted by Gasteiger charge is 1.97. The zero-order chi connectivity index (χ0) is 7.52. The van der Waals surface area contributed by atoms with Crippen LogP contribution in [0.3, 0.4) is 0 Å². The lowest BCUT2D eigenvalue weighted by atomic mass is 10.1. The van der Waals surface area contributed by atoms with Crippen molar-refractivity contribution >= 4 is 11.9 Å². The van der Waals surface area contributed by atoms with Gasteiger partial charge in [0.25, 0.3) is 0 Å². The van der Waals surface area contributed by atoms with Gasteiger partial charge in [-0.2, -0.15) is 0 Å². The maximum Gasteiger partial charge on any atom is 0.0664 e. The molecule has 0 aromatic heterocycles. The zero-order valence-corrected chi connectivity index (χ0v) is 6.20. The number of para-hydroxylation sites is 1. The van der Waals surface area contributed by atoms with Crippen LogP contribution in [0.4, 0.5) is 5.69 Å². The van der Waals surface area contributed by atoms with E-state index >= 15 is 0 Å².